The quantitative estimate of drug-likeness (QED) is 0.254. The number of halogens is 2. The number of nitrogens with zero attached hydrogens (tertiary/aromatic N) is 1. The van der Waals surface area contributed by atoms with Crippen molar-refractivity contribution in [2.45, 2.75) is 77.7 Å². The Morgan fingerprint density at radius 3 is 1.87 bits per heavy atom. The van der Waals surface area contributed by atoms with Gasteiger partial charge in [-0.2, -0.15) is 8.78 Å². The van der Waals surface area contributed by atoms with Crippen molar-refractivity contribution >= 4 is 23.7 Å². The average molecular weight is 637 g/mol. The fourth-order valence-corrected chi connectivity index (χ4v) is 4.91. The summed E-state index contributed by atoms with van der Waals surface area (Å²) in [7, 11) is 0. The first-order valence-corrected chi connectivity index (χ1v) is 14.9. The fourth-order valence-electron chi connectivity index (χ4n) is 4.91. The van der Waals surface area contributed by atoms with Crippen LogP contribution in [-0.4, -0.2) is 52.1 Å². The van der Waals surface area contributed by atoms with Crippen LogP contribution in [0.5, 0.6) is 5.75 Å². The zero-order valence-corrected chi connectivity index (χ0v) is 26.6. The lowest BCUT2D eigenvalue weighted by Crippen LogP contribution is -2.64. The molecule has 0 aliphatic heterocycles. The van der Waals surface area contributed by atoms with E-state index in [-0.39, 0.29) is 6.54 Å². The number of amides is 3. The zero-order valence-electron chi connectivity index (χ0n) is 26.6. The molecular formula is C35H40F2N3O6-. The van der Waals surface area contributed by atoms with Crippen LogP contribution in [-0.2, 0) is 34.0 Å². The van der Waals surface area contributed by atoms with Gasteiger partial charge in [-0.15, -0.1) is 0 Å². The second-order valence-electron chi connectivity index (χ2n) is 12.3. The molecule has 0 spiro atoms. The van der Waals surface area contributed by atoms with Crippen molar-refractivity contribution in [3.63, 3.8) is 0 Å². The lowest BCUT2D eigenvalue weighted by atomic mass is 9.93. The molecule has 3 aromatic rings. The van der Waals surface area contributed by atoms with Gasteiger partial charge >= 0.3 is 5.92 Å². The van der Waals surface area contributed by atoms with E-state index in [1.54, 1.807) is 89.2 Å². The van der Waals surface area contributed by atoms with Gasteiger partial charge in [-0.05, 0) is 55.5 Å². The summed E-state index contributed by atoms with van der Waals surface area (Å²) in [6, 6.07) is 20.8. The third-order valence-electron chi connectivity index (χ3n) is 7.23. The van der Waals surface area contributed by atoms with Crippen molar-refractivity contribution in [1.29, 1.82) is 0 Å². The maximum absolute atomic E-state index is 15.4. The number of carbonyl (C=O) groups is 4. The minimum Gasteiger partial charge on any atom is -0.530 e. The first kappa shape index (κ1) is 35.7. The molecule has 0 aliphatic rings. The van der Waals surface area contributed by atoms with Gasteiger partial charge in [0.1, 0.15) is 24.5 Å². The molecule has 0 unspecified atom stereocenters. The van der Waals surface area contributed by atoms with Crippen LogP contribution >= 0.6 is 0 Å². The molecule has 0 aromatic heterocycles. The number of ether oxygens (including phenoxy) is 1. The smallest absolute Gasteiger partial charge is 0.383 e. The SMILES string of the molecule is CC(C)[C@@H](C(=O)N[C@@H](Cc1ccc(OCc2ccccc2)cc1)C(=O)C(F)(F)C(=O)NCc1ccccc1)N(C(=O)[O-])C(C)(C)C. The first-order valence-electron chi connectivity index (χ1n) is 14.9. The van der Waals surface area contributed by atoms with E-state index in [1.165, 1.54) is 0 Å². The molecule has 11 heteroatoms. The van der Waals surface area contributed by atoms with E-state index in [2.05, 4.69) is 10.6 Å². The third kappa shape index (κ3) is 9.60. The van der Waals surface area contributed by atoms with Gasteiger partial charge in [0, 0.05) is 18.5 Å². The van der Waals surface area contributed by atoms with E-state index in [1.807, 2.05) is 30.3 Å². The monoisotopic (exact) mass is 636 g/mol. The molecule has 0 heterocycles. The predicted molar refractivity (Wildman–Crippen MR) is 167 cm³/mol. The highest BCUT2D eigenvalue weighted by atomic mass is 19.3. The van der Waals surface area contributed by atoms with Crippen LogP contribution in [0.15, 0.2) is 84.9 Å². The van der Waals surface area contributed by atoms with Crippen LogP contribution in [0.4, 0.5) is 13.6 Å². The number of ketones is 1. The van der Waals surface area contributed by atoms with Gasteiger partial charge in [-0.25, -0.2) is 0 Å². The highest BCUT2D eigenvalue weighted by Crippen LogP contribution is 2.25. The van der Waals surface area contributed by atoms with Gasteiger partial charge in [-0.1, -0.05) is 86.6 Å². The maximum Gasteiger partial charge on any atom is 0.383 e. The minimum atomic E-state index is -4.52. The molecule has 0 aliphatic carbocycles. The van der Waals surface area contributed by atoms with Crippen LogP contribution in [0.1, 0.15) is 51.3 Å². The molecule has 3 amide bonds. The molecular weight excluding hydrogens is 596 g/mol. The normalized spacial score (nSPS) is 13.0. The topological polar surface area (TPSA) is 128 Å². The Labute approximate surface area is 267 Å². The highest BCUT2D eigenvalue weighted by molar-refractivity contribution is 6.10. The largest absolute Gasteiger partial charge is 0.530 e. The van der Waals surface area contributed by atoms with E-state index in [0.717, 1.165) is 10.5 Å². The summed E-state index contributed by atoms with van der Waals surface area (Å²) in [5.41, 5.74) is 0.776. The van der Waals surface area contributed by atoms with Crippen LogP contribution in [0.25, 0.3) is 0 Å². The molecule has 46 heavy (non-hydrogen) atoms. The number of alkyl halides is 2. The van der Waals surface area contributed by atoms with Crippen molar-refractivity contribution < 1.29 is 37.8 Å². The maximum atomic E-state index is 15.4. The number of rotatable bonds is 14. The van der Waals surface area contributed by atoms with Crippen LogP contribution < -0.4 is 20.5 Å². The van der Waals surface area contributed by atoms with Gasteiger partial charge in [-0.3, -0.25) is 14.4 Å². The number of hydrogen-bond acceptors (Lipinski definition) is 6. The molecule has 3 aromatic carbocycles. The summed E-state index contributed by atoms with van der Waals surface area (Å²) in [6.45, 7) is 7.89. The molecule has 2 atom stereocenters. The van der Waals surface area contributed by atoms with Crippen molar-refractivity contribution in [3.05, 3.63) is 102 Å². The molecule has 0 fully saturated rings. The summed E-state index contributed by atoms with van der Waals surface area (Å²) < 4.78 is 36.6. The lowest BCUT2D eigenvalue weighted by molar-refractivity contribution is -0.274. The summed E-state index contributed by atoms with van der Waals surface area (Å²) in [5.74, 6) is -9.29. The zero-order chi connectivity index (χ0) is 34.1. The summed E-state index contributed by atoms with van der Waals surface area (Å²) in [6.07, 6.45) is -2.04. The van der Waals surface area contributed by atoms with Gasteiger partial charge in [0.05, 0.1) is 6.04 Å². The standard InChI is InChI=1S/C35H41F2N3O6/c1-23(2)29(40(33(44)45)34(3,4)5)31(42)39-28(30(41)35(36,37)32(43)38-21-25-12-8-6-9-13-25)20-24-16-18-27(19-17-24)46-22-26-14-10-7-11-15-26/h6-19,23,28-29H,20-22H2,1-5H3,(H,38,43)(H,39,42)(H,44,45)/p-1/t28-,29-/m0/s1. The number of Topliss-reactive ketones (excluding diaryl/α,β-unsaturated/α-hetero) is 1. The molecule has 0 radical (unpaired) electrons. The van der Waals surface area contributed by atoms with E-state index in [0.29, 0.717) is 23.5 Å². The molecule has 0 saturated heterocycles. The van der Waals surface area contributed by atoms with Gasteiger partial charge < -0.3 is 30.2 Å². The molecule has 0 bridgehead atoms. The Hall–Kier alpha value is -4.80. The Bertz CT molecular complexity index is 1480. The Kier molecular flexibility index (Phi) is 12.0. The van der Waals surface area contributed by atoms with Crippen molar-refractivity contribution in [1.82, 2.24) is 15.5 Å². The third-order valence-corrected chi connectivity index (χ3v) is 7.23. The molecule has 3 rings (SSSR count). The van der Waals surface area contributed by atoms with Crippen molar-refractivity contribution in [3.8, 4) is 5.75 Å². The highest BCUT2D eigenvalue weighted by Gasteiger charge is 2.51. The van der Waals surface area contributed by atoms with Crippen LogP contribution in [0.2, 0.25) is 0 Å². The van der Waals surface area contributed by atoms with E-state index in [4.69, 9.17) is 4.74 Å². The molecule has 0 saturated carbocycles. The predicted octanol–water partition coefficient (Wildman–Crippen LogP) is 4.28. The second-order valence-corrected chi connectivity index (χ2v) is 12.3. The van der Waals surface area contributed by atoms with Crippen LogP contribution in [0.3, 0.4) is 0 Å². The van der Waals surface area contributed by atoms with Gasteiger partial charge in [0.15, 0.2) is 0 Å². The van der Waals surface area contributed by atoms with Crippen LogP contribution in [0, 0.1) is 5.92 Å². The number of nitrogens with one attached hydrogen (secondary N) is 2. The Balaban J connectivity index is 1.87. The Morgan fingerprint density at radius 2 is 1.37 bits per heavy atom. The Morgan fingerprint density at radius 1 is 0.826 bits per heavy atom. The van der Waals surface area contributed by atoms with Gasteiger partial charge in [0.25, 0.3) is 5.91 Å². The molecule has 9 nitrogen and oxygen atoms in total. The van der Waals surface area contributed by atoms with E-state index < -0.39 is 59.6 Å². The fraction of sp³-hybridized carbons (Fsp3) is 0.371. The number of carboxylic acid groups (broad SMARTS) is 1. The average Bonchev–Trinajstić information content (AvgIpc) is 3.01. The molecule has 2 N–H and O–H groups in total. The summed E-state index contributed by atoms with van der Waals surface area (Å²) in [4.78, 5) is 52.5. The minimum absolute atomic E-state index is 0.244. The van der Waals surface area contributed by atoms with E-state index in [9.17, 15) is 24.3 Å². The summed E-state index contributed by atoms with van der Waals surface area (Å²) in [5, 5.41) is 16.5. The number of hydrogen-bond donors (Lipinski definition) is 2. The first-order chi connectivity index (χ1) is 21.6. The second kappa shape index (κ2) is 15.5. The summed E-state index contributed by atoms with van der Waals surface area (Å²) >= 11 is 0. The van der Waals surface area contributed by atoms with Crippen molar-refractivity contribution in [2.75, 3.05) is 0 Å². The van der Waals surface area contributed by atoms with Crippen molar-refractivity contribution in [2.24, 2.45) is 5.92 Å². The van der Waals surface area contributed by atoms with Gasteiger partial charge in [0.2, 0.25) is 11.7 Å². The molecule has 246 valence electrons. The lowest BCUT2D eigenvalue weighted by Gasteiger charge is -2.44. The number of benzene rings is 3. The van der Waals surface area contributed by atoms with E-state index >= 15 is 8.78 Å². The number of carbonyl (C=O) groups excluding carboxylic acids is 4.